The third-order valence-electron chi connectivity index (χ3n) is 6.71. The van der Waals surface area contributed by atoms with Gasteiger partial charge in [-0.25, -0.2) is 0 Å². The fourth-order valence-corrected chi connectivity index (χ4v) is 8.19. The second-order valence-electron chi connectivity index (χ2n) is 8.54. The Morgan fingerprint density at radius 3 is 1.60 bits per heavy atom. The summed E-state index contributed by atoms with van der Waals surface area (Å²) in [5, 5.41) is 6.29. The molecule has 2 amide bonds. The van der Waals surface area contributed by atoms with Gasteiger partial charge in [0, 0.05) is 0 Å². The summed E-state index contributed by atoms with van der Waals surface area (Å²) in [6, 6.07) is 12.0. The van der Waals surface area contributed by atoms with Gasteiger partial charge in [-0.1, -0.05) is 0 Å². The number of carbonyl (C=O) groups excluding carboxylic acids is 2. The van der Waals surface area contributed by atoms with E-state index in [1.807, 2.05) is 71.0 Å². The molecule has 0 aliphatic rings. The van der Waals surface area contributed by atoms with Gasteiger partial charge < -0.3 is 0 Å². The predicted molar refractivity (Wildman–Crippen MR) is 133 cm³/mol. The molecular formula is C25H37N2O2P. The minimum atomic E-state index is -2.17. The zero-order valence-corrected chi connectivity index (χ0v) is 20.5. The molecule has 0 radical (unpaired) electrons. The van der Waals surface area contributed by atoms with Gasteiger partial charge in [-0.05, 0) is 0 Å². The van der Waals surface area contributed by atoms with Gasteiger partial charge >= 0.3 is 182 Å². The van der Waals surface area contributed by atoms with Gasteiger partial charge in [-0.15, -0.1) is 0 Å². The summed E-state index contributed by atoms with van der Waals surface area (Å²) in [4.78, 5) is 26.3. The quantitative estimate of drug-likeness (QED) is 0.532. The van der Waals surface area contributed by atoms with Gasteiger partial charge in [-0.3, -0.25) is 0 Å². The fourth-order valence-electron chi connectivity index (χ4n) is 4.30. The van der Waals surface area contributed by atoms with Crippen molar-refractivity contribution in [2.45, 2.75) is 54.1 Å². The summed E-state index contributed by atoms with van der Waals surface area (Å²) >= 11 is 0. The zero-order valence-electron chi connectivity index (χ0n) is 19.5. The standard InChI is InChI=1S/C25H37N2O2P/c1-8-30(9-2,16-22(28)26-23-17(3)12-10-13-18(23)4)21(7)25(29)27-24-19(5)14-11-15-20(24)6/h10-15,21,30H,8-9,16H2,1-7H3,(H,26,28)(H,27,29). The molecule has 0 bridgehead atoms. The number of anilines is 2. The predicted octanol–water partition coefficient (Wildman–Crippen LogP) is 5.68. The average molecular weight is 429 g/mol. The van der Waals surface area contributed by atoms with Crippen molar-refractivity contribution in [1.29, 1.82) is 0 Å². The van der Waals surface area contributed by atoms with E-state index in [1.165, 1.54) is 0 Å². The summed E-state index contributed by atoms with van der Waals surface area (Å²) in [5.74, 6) is 0.0529. The van der Waals surface area contributed by atoms with Crippen molar-refractivity contribution in [2.24, 2.45) is 0 Å². The van der Waals surface area contributed by atoms with Crippen LogP contribution in [0.15, 0.2) is 36.4 Å². The average Bonchev–Trinajstić information content (AvgIpc) is 2.71. The van der Waals surface area contributed by atoms with Crippen LogP contribution < -0.4 is 10.6 Å². The third-order valence-corrected chi connectivity index (χ3v) is 12.6. The first-order valence-electron chi connectivity index (χ1n) is 10.9. The van der Waals surface area contributed by atoms with E-state index in [4.69, 9.17) is 0 Å². The van der Waals surface area contributed by atoms with Gasteiger partial charge in [0.2, 0.25) is 0 Å². The van der Waals surface area contributed by atoms with E-state index in [1.54, 1.807) is 0 Å². The molecule has 164 valence electrons. The molecule has 5 heteroatoms. The first kappa shape index (κ1) is 24.1. The minimum absolute atomic E-state index is 0.0227. The molecular weight excluding hydrogens is 391 g/mol. The Labute approximate surface area is 182 Å². The second kappa shape index (κ2) is 10.2. The van der Waals surface area contributed by atoms with E-state index >= 15 is 0 Å². The van der Waals surface area contributed by atoms with E-state index in [0.717, 1.165) is 46.0 Å². The van der Waals surface area contributed by atoms with Gasteiger partial charge in [-0.2, -0.15) is 0 Å². The Morgan fingerprint density at radius 1 is 0.800 bits per heavy atom. The maximum atomic E-state index is 13.2. The van der Waals surface area contributed by atoms with E-state index in [2.05, 4.69) is 24.5 Å². The summed E-state index contributed by atoms with van der Waals surface area (Å²) in [6.45, 7) is 14.3. The van der Waals surface area contributed by atoms with Crippen molar-refractivity contribution in [3.63, 3.8) is 0 Å². The number of hydrogen-bond donors (Lipinski definition) is 2. The summed E-state index contributed by atoms with van der Waals surface area (Å²) in [5.41, 5.74) is 5.87. The molecule has 2 aromatic carbocycles. The van der Waals surface area contributed by atoms with Gasteiger partial charge in [0.25, 0.3) is 0 Å². The molecule has 0 fully saturated rings. The third kappa shape index (κ3) is 5.29. The Hall–Kier alpha value is -2.19. The molecule has 0 saturated carbocycles. The maximum absolute atomic E-state index is 13.2. The normalized spacial score (nSPS) is 12.9. The number of carbonyl (C=O) groups is 2. The molecule has 2 aromatic rings. The van der Waals surface area contributed by atoms with Crippen LogP contribution in [-0.4, -0.2) is 36.0 Å². The molecule has 2 N–H and O–H groups in total. The van der Waals surface area contributed by atoms with Crippen LogP contribution in [0.2, 0.25) is 0 Å². The number of hydrogen-bond acceptors (Lipinski definition) is 2. The Kier molecular flexibility index (Phi) is 8.20. The number of rotatable bonds is 8. The van der Waals surface area contributed by atoms with Crippen LogP contribution in [0, 0.1) is 27.7 Å². The van der Waals surface area contributed by atoms with E-state index in [0.29, 0.717) is 6.16 Å². The topological polar surface area (TPSA) is 58.2 Å². The van der Waals surface area contributed by atoms with Crippen LogP contribution in [0.4, 0.5) is 11.4 Å². The summed E-state index contributed by atoms with van der Waals surface area (Å²) < 4.78 is 0. The van der Waals surface area contributed by atoms with Gasteiger partial charge in [0.1, 0.15) is 0 Å². The van der Waals surface area contributed by atoms with Crippen molar-refractivity contribution in [1.82, 2.24) is 0 Å². The van der Waals surface area contributed by atoms with E-state index in [-0.39, 0.29) is 17.5 Å². The van der Waals surface area contributed by atoms with Crippen LogP contribution in [0.1, 0.15) is 43.0 Å². The number of para-hydroxylation sites is 2. The molecule has 0 aliphatic heterocycles. The number of nitrogens with one attached hydrogen (secondary N) is 2. The Bertz CT molecular complexity index is 879. The van der Waals surface area contributed by atoms with Crippen molar-refractivity contribution < 1.29 is 9.59 Å². The molecule has 1 unspecified atom stereocenters. The molecule has 0 spiro atoms. The Balaban J connectivity index is 2.21. The number of aryl methyl sites for hydroxylation is 4. The van der Waals surface area contributed by atoms with E-state index < -0.39 is 7.26 Å². The van der Waals surface area contributed by atoms with Crippen molar-refractivity contribution in [3.05, 3.63) is 58.7 Å². The van der Waals surface area contributed by atoms with Gasteiger partial charge in [0.05, 0.1) is 0 Å². The molecule has 0 heterocycles. The molecule has 2 rings (SSSR count). The first-order chi connectivity index (χ1) is 14.1. The summed E-state index contributed by atoms with van der Waals surface area (Å²) in [6.07, 6.45) is 2.24. The van der Waals surface area contributed by atoms with Crippen LogP contribution >= 0.6 is 7.26 Å². The van der Waals surface area contributed by atoms with Crippen molar-refractivity contribution in [3.8, 4) is 0 Å². The molecule has 0 aliphatic carbocycles. The van der Waals surface area contributed by atoms with Crippen LogP contribution in [-0.2, 0) is 9.59 Å². The molecule has 4 nitrogen and oxygen atoms in total. The van der Waals surface area contributed by atoms with Crippen molar-refractivity contribution in [2.75, 3.05) is 29.1 Å². The SMILES string of the molecule is CC[PH](CC)(CC(=O)Nc1c(C)cccc1C)C(C)C(=O)Nc1c(C)cccc1C. The van der Waals surface area contributed by atoms with Crippen molar-refractivity contribution >= 4 is 30.5 Å². The molecule has 1 atom stereocenters. The number of benzene rings is 2. The second-order valence-corrected chi connectivity index (χ2v) is 13.9. The van der Waals surface area contributed by atoms with Crippen LogP contribution in [0.3, 0.4) is 0 Å². The number of amides is 2. The van der Waals surface area contributed by atoms with Gasteiger partial charge in [0.15, 0.2) is 0 Å². The monoisotopic (exact) mass is 428 g/mol. The first-order valence-corrected chi connectivity index (χ1v) is 13.6. The molecule has 30 heavy (non-hydrogen) atoms. The zero-order chi connectivity index (χ0) is 22.5. The fraction of sp³-hybridized carbons (Fsp3) is 0.440. The van der Waals surface area contributed by atoms with Crippen LogP contribution in [0.5, 0.6) is 0 Å². The van der Waals surface area contributed by atoms with E-state index in [9.17, 15) is 9.59 Å². The molecule has 0 aromatic heterocycles. The Morgan fingerprint density at radius 2 is 1.20 bits per heavy atom. The van der Waals surface area contributed by atoms with Crippen LogP contribution in [0.25, 0.3) is 0 Å². The molecule has 0 saturated heterocycles. The summed E-state index contributed by atoms with van der Waals surface area (Å²) in [7, 11) is -2.17.